The van der Waals surface area contributed by atoms with Gasteiger partial charge in [-0.25, -0.2) is 4.98 Å². The van der Waals surface area contributed by atoms with Gasteiger partial charge < -0.3 is 19.3 Å². The lowest BCUT2D eigenvalue weighted by Gasteiger charge is -2.05. The molecule has 0 fully saturated rings. The minimum atomic E-state index is -0.720. The number of phenolic OH excluding ortho intramolecular Hbond substituents is 1. The van der Waals surface area contributed by atoms with Crippen molar-refractivity contribution < 1.29 is 24.2 Å². The smallest absolute Gasteiger partial charge is 0.315 e. The van der Waals surface area contributed by atoms with Crippen LogP contribution in [-0.2, 0) is 0 Å². The summed E-state index contributed by atoms with van der Waals surface area (Å²) in [7, 11) is 1.29. The molecule has 30 heavy (non-hydrogen) atoms. The van der Waals surface area contributed by atoms with Crippen molar-refractivity contribution >= 4 is 28.7 Å². The summed E-state index contributed by atoms with van der Waals surface area (Å²) in [4.78, 5) is 15.0. The molecule has 10 heteroatoms. The third-order valence-corrected chi connectivity index (χ3v) is 5.20. The van der Waals surface area contributed by atoms with E-state index < -0.39 is 16.4 Å². The molecule has 150 valence electrons. The molecule has 0 unspecified atom stereocenters. The number of allylic oxidation sites excluding steroid dienone is 1. The first kappa shape index (κ1) is 19.2. The van der Waals surface area contributed by atoms with Gasteiger partial charge in [-0.1, -0.05) is 0 Å². The number of aromatic nitrogens is 1. The Bertz CT molecular complexity index is 1230. The predicted molar refractivity (Wildman–Crippen MR) is 108 cm³/mol. The maximum atomic E-state index is 11.2. The fraction of sp³-hybridized carbons (Fsp3) is 0.100. The highest BCUT2D eigenvalue weighted by Crippen LogP contribution is 2.39. The molecule has 1 aliphatic heterocycles. The fourth-order valence-corrected chi connectivity index (χ4v) is 3.68. The van der Waals surface area contributed by atoms with E-state index in [0.29, 0.717) is 27.8 Å². The van der Waals surface area contributed by atoms with Gasteiger partial charge in [0.1, 0.15) is 11.1 Å². The molecule has 4 rings (SSSR count). The number of fused-ring (bicyclic) bond motifs is 1. The van der Waals surface area contributed by atoms with Gasteiger partial charge in [0, 0.05) is 17.0 Å². The van der Waals surface area contributed by atoms with Gasteiger partial charge >= 0.3 is 5.69 Å². The van der Waals surface area contributed by atoms with Crippen LogP contribution in [-0.4, -0.2) is 28.9 Å². The summed E-state index contributed by atoms with van der Waals surface area (Å²) >= 11 is 1.26. The van der Waals surface area contributed by atoms with Gasteiger partial charge in [-0.3, -0.25) is 10.1 Å². The van der Waals surface area contributed by atoms with Gasteiger partial charge in [-0.05, 0) is 35.9 Å². The number of phenols is 1. The average molecular weight is 423 g/mol. The first-order valence-corrected chi connectivity index (χ1v) is 9.41. The summed E-state index contributed by atoms with van der Waals surface area (Å²) in [5.74, 6) is 0.654. The summed E-state index contributed by atoms with van der Waals surface area (Å²) in [5, 5.41) is 32.9. The van der Waals surface area contributed by atoms with Crippen molar-refractivity contribution in [3.05, 3.63) is 56.4 Å². The van der Waals surface area contributed by atoms with Crippen molar-refractivity contribution in [1.29, 1.82) is 5.26 Å². The molecule has 2 aromatic carbocycles. The van der Waals surface area contributed by atoms with E-state index >= 15 is 0 Å². The van der Waals surface area contributed by atoms with Gasteiger partial charge in [0.15, 0.2) is 17.2 Å². The highest BCUT2D eigenvalue weighted by molar-refractivity contribution is 7.11. The monoisotopic (exact) mass is 423 g/mol. The van der Waals surface area contributed by atoms with Crippen molar-refractivity contribution in [3.63, 3.8) is 0 Å². The average Bonchev–Trinajstić information content (AvgIpc) is 3.41. The third kappa shape index (κ3) is 3.49. The van der Waals surface area contributed by atoms with E-state index in [1.165, 1.54) is 36.7 Å². The molecule has 0 aliphatic carbocycles. The first-order valence-electron chi connectivity index (χ1n) is 8.53. The summed E-state index contributed by atoms with van der Waals surface area (Å²) in [6.07, 6.45) is 1.46. The minimum Gasteiger partial charge on any atom is -0.500 e. The normalized spacial score (nSPS) is 12.5. The van der Waals surface area contributed by atoms with Crippen LogP contribution in [0.2, 0.25) is 0 Å². The molecule has 0 radical (unpaired) electrons. The lowest BCUT2D eigenvalue weighted by Crippen LogP contribution is -1.93. The predicted octanol–water partition coefficient (Wildman–Crippen LogP) is 4.23. The Hall–Kier alpha value is -4.10. The molecule has 3 aromatic rings. The van der Waals surface area contributed by atoms with Crippen LogP contribution in [0.1, 0.15) is 10.6 Å². The number of nitro benzene ring substituents is 1. The zero-order chi connectivity index (χ0) is 21.3. The Labute approximate surface area is 174 Å². The van der Waals surface area contributed by atoms with Crippen LogP contribution in [0.5, 0.6) is 23.0 Å². The van der Waals surface area contributed by atoms with Crippen molar-refractivity contribution in [2.45, 2.75) is 0 Å². The van der Waals surface area contributed by atoms with Gasteiger partial charge in [-0.2, -0.15) is 5.26 Å². The molecule has 2 heterocycles. The number of methoxy groups -OCH3 is 1. The van der Waals surface area contributed by atoms with E-state index in [1.54, 1.807) is 11.4 Å². The summed E-state index contributed by atoms with van der Waals surface area (Å²) in [6.45, 7) is 0.171. The Morgan fingerprint density at radius 1 is 1.37 bits per heavy atom. The molecule has 0 atom stereocenters. The molecular weight excluding hydrogens is 410 g/mol. The fourth-order valence-electron chi connectivity index (χ4n) is 2.89. The van der Waals surface area contributed by atoms with E-state index in [0.717, 1.165) is 5.56 Å². The molecular formula is C20H13N3O6S. The second-order valence-electron chi connectivity index (χ2n) is 6.12. The topological polar surface area (TPSA) is 128 Å². The lowest BCUT2D eigenvalue weighted by molar-refractivity contribution is -0.386. The van der Waals surface area contributed by atoms with Crippen LogP contribution in [0, 0.1) is 21.4 Å². The van der Waals surface area contributed by atoms with Crippen molar-refractivity contribution in [1.82, 2.24) is 4.98 Å². The number of thiazole rings is 1. The molecule has 1 N–H and O–H groups in total. The van der Waals surface area contributed by atoms with Crippen LogP contribution >= 0.6 is 11.3 Å². The second kappa shape index (κ2) is 7.73. The zero-order valence-corrected chi connectivity index (χ0v) is 16.3. The summed E-state index contributed by atoms with van der Waals surface area (Å²) in [5.41, 5.74) is 1.49. The molecule has 0 saturated carbocycles. The molecule has 1 aliphatic rings. The largest absolute Gasteiger partial charge is 0.500 e. The quantitative estimate of drug-likeness (QED) is 0.367. The number of nitro groups is 1. The van der Waals surface area contributed by atoms with E-state index in [1.807, 2.05) is 12.1 Å². The van der Waals surface area contributed by atoms with Crippen LogP contribution in [0.4, 0.5) is 5.69 Å². The number of ether oxygens (including phenoxy) is 3. The van der Waals surface area contributed by atoms with E-state index in [4.69, 9.17) is 14.2 Å². The number of rotatable bonds is 5. The zero-order valence-electron chi connectivity index (χ0n) is 15.5. The Morgan fingerprint density at radius 3 is 2.90 bits per heavy atom. The number of benzene rings is 2. The number of hydrogen-bond donors (Lipinski definition) is 1. The molecule has 0 spiro atoms. The number of aromatic hydroxyl groups is 1. The number of nitriles is 1. The number of nitrogens with zero attached hydrogens (tertiary/aromatic N) is 3. The van der Waals surface area contributed by atoms with Gasteiger partial charge in [-0.15, -0.1) is 11.3 Å². The molecule has 0 bridgehead atoms. The van der Waals surface area contributed by atoms with Crippen LogP contribution in [0.25, 0.3) is 22.9 Å². The van der Waals surface area contributed by atoms with Gasteiger partial charge in [0.05, 0.1) is 23.3 Å². The lowest BCUT2D eigenvalue weighted by atomic mass is 10.1. The Morgan fingerprint density at radius 2 is 2.17 bits per heavy atom. The van der Waals surface area contributed by atoms with E-state index in [9.17, 15) is 20.5 Å². The summed E-state index contributed by atoms with van der Waals surface area (Å²) in [6, 6.07) is 10.1. The van der Waals surface area contributed by atoms with Crippen LogP contribution in [0.3, 0.4) is 0 Å². The molecule has 9 nitrogen and oxygen atoms in total. The molecule has 1 aromatic heterocycles. The van der Waals surface area contributed by atoms with Gasteiger partial charge in [0.2, 0.25) is 12.5 Å². The standard InChI is InChI=1S/C20H13N3O6S/c1-27-18-6-11(5-15(19(18)24)23(25)26)4-13(8-21)20-22-14(9-30-20)12-2-3-16-17(7-12)29-10-28-16/h2-7,9,24H,10H2,1H3. The van der Waals surface area contributed by atoms with Gasteiger partial charge in [0.25, 0.3) is 0 Å². The SMILES string of the molecule is COc1cc(C=C(C#N)c2nc(-c3ccc4c(c3)OCO4)cs2)cc([N+](=O)[O-])c1O. The van der Waals surface area contributed by atoms with E-state index in [2.05, 4.69) is 11.1 Å². The van der Waals surface area contributed by atoms with Crippen molar-refractivity contribution in [3.8, 4) is 40.3 Å². The van der Waals surface area contributed by atoms with E-state index in [-0.39, 0.29) is 18.1 Å². The molecule has 0 saturated heterocycles. The van der Waals surface area contributed by atoms with Crippen LogP contribution in [0.15, 0.2) is 35.7 Å². The maximum absolute atomic E-state index is 11.2. The minimum absolute atomic E-state index is 0.0621. The van der Waals surface area contributed by atoms with Crippen molar-refractivity contribution in [2.24, 2.45) is 0 Å². The first-order chi connectivity index (χ1) is 14.5. The highest BCUT2D eigenvalue weighted by Gasteiger charge is 2.20. The third-order valence-electron chi connectivity index (χ3n) is 4.33. The van der Waals surface area contributed by atoms with Crippen LogP contribution < -0.4 is 14.2 Å². The Balaban J connectivity index is 1.70. The Kier molecular flexibility index (Phi) is 4.95. The maximum Gasteiger partial charge on any atom is 0.315 e. The molecule has 0 amide bonds. The van der Waals surface area contributed by atoms with Crippen molar-refractivity contribution in [2.75, 3.05) is 13.9 Å². The highest BCUT2D eigenvalue weighted by atomic mass is 32.1. The summed E-state index contributed by atoms with van der Waals surface area (Å²) < 4.78 is 15.7. The number of hydrogen-bond acceptors (Lipinski definition) is 9. The second-order valence-corrected chi connectivity index (χ2v) is 6.98.